The van der Waals surface area contributed by atoms with E-state index in [2.05, 4.69) is 57.3 Å². The number of aliphatic imine (C=N–C) groups is 1. The number of nitrogen functional groups attached to an aromatic ring is 1. The Morgan fingerprint density at radius 2 is 2.09 bits per heavy atom. The molecule has 22 heavy (non-hydrogen) atoms. The van der Waals surface area contributed by atoms with Gasteiger partial charge in [0.1, 0.15) is 6.04 Å². The van der Waals surface area contributed by atoms with Crippen molar-refractivity contribution in [1.29, 1.82) is 0 Å². The van der Waals surface area contributed by atoms with E-state index in [4.69, 9.17) is 10.7 Å². The molecule has 0 aromatic heterocycles. The van der Waals surface area contributed by atoms with Crippen molar-refractivity contribution in [2.75, 3.05) is 10.6 Å². The largest absolute Gasteiger partial charge is 0.397 e. The van der Waals surface area contributed by atoms with Crippen LogP contribution in [0.1, 0.15) is 5.56 Å². The van der Waals surface area contributed by atoms with Crippen molar-refractivity contribution in [3.63, 3.8) is 0 Å². The van der Waals surface area contributed by atoms with Crippen LogP contribution in [-0.4, -0.2) is 11.8 Å². The Morgan fingerprint density at radius 3 is 3.00 bits per heavy atom. The molecule has 0 bridgehead atoms. The fourth-order valence-electron chi connectivity index (χ4n) is 3.58. The predicted molar refractivity (Wildman–Crippen MR) is 95.1 cm³/mol. The summed E-state index contributed by atoms with van der Waals surface area (Å²) in [4.78, 5) is 7.15. The molecule has 2 aliphatic heterocycles. The number of nitrogens with two attached hydrogens (primary N) is 1. The van der Waals surface area contributed by atoms with Gasteiger partial charge in [-0.2, -0.15) is 0 Å². The third kappa shape index (κ3) is 1.43. The first-order valence-corrected chi connectivity index (χ1v) is 7.98. The fraction of sp³-hybridized carbons (Fsp3) is 0.0556. The van der Waals surface area contributed by atoms with Crippen LogP contribution in [0, 0.1) is 0 Å². The zero-order valence-electron chi connectivity index (χ0n) is 11.6. The third-order valence-electron chi connectivity index (χ3n) is 4.44. The highest BCUT2D eigenvalue weighted by Crippen LogP contribution is 2.53. The third-order valence-corrected chi connectivity index (χ3v) is 4.93. The van der Waals surface area contributed by atoms with Gasteiger partial charge in [-0.3, -0.25) is 0 Å². The quantitative estimate of drug-likeness (QED) is 0.706. The zero-order chi connectivity index (χ0) is 14.8. The molecule has 1 aliphatic carbocycles. The molecule has 106 valence electrons. The maximum Gasteiger partial charge on any atom is 0.102 e. The Kier molecular flexibility index (Phi) is 2.29. The van der Waals surface area contributed by atoms with E-state index < -0.39 is 0 Å². The summed E-state index contributed by atoms with van der Waals surface area (Å²) in [7, 11) is 0. The average Bonchev–Trinajstić information content (AvgIpc) is 2.84. The van der Waals surface area contributed by atoms with Crippen LogP contribution in [0.15, 0.2) is 64.1 Å². The van der Waals surface area contributed by atoms with E-state index in [0.717, 1.165) is 27.2 Å². The van der Waals surface area contributed by atoms with Crippen LogP contribution in [0.5, 0.6) is 0 Å². The van der Waals surface area contributed by atoms with Crippen LogP contribution >= 0.6 is 15.9 Å². The summed E-state index contributed by atoms with van der Waals surface area (Å²) in [5, 5.41) is 0. The molecule has 4 heteroatoms. The summed E-state index contributed by atoms with van der Waals surface area (Å²) < 4.78 is 1.08. The molecule has 2 N–H and O–H groups in total. The van der Waals surface area contributed by atoms with Gasteiger partial charge in [0.2, 0.25) is 0 Å². The van der Waals surface area contributed by atoms with Crippen molar-refractivity contribution in [1.82, 2.24) is 0 Å². The van der Waals surface area contributed by atoms with Crippen molar-refractivity contribution in [2.24, 2.45) is 4.99 Å². The van der Waals surface area contributed by atoms with E-state index in [0.29, 0.717) is 0 Å². The summed E-state index contributed by atoms with van der Waals surface area (Å²) in [6, 6.07) is 12.5. The molecule has 3 aliphatic rings. The molecule has 0 radical (unpaired) electrons. The van der Waals surface area contributed by atoms with Crippen LogP contribution in [0.2, 0.25) is 0 Å². The highest BCUT2D eigenvalue weighted by molar-refractivity contribution is 9.10. The highest BCUT2D eigenvalue weighted by Gasteiger charge is 2.42. The number of benzene rings is 2. The molecule has 1 atom stereocenters. The van der Waals surface area contributed by atoms with Gasteiger partial charge in [-0.15, -0.1) is 0 Å². The molecule has 0 spiro atoms. The van der Waals surface area contributed by atoms with Gasteiger partial charge in [-0.1, -0.05) is 34.1 Å². The number of halogens is 1. The number of para-hydroxylation sites is 1. The Morgan fingerprint density at radius 1 is 1.18 bits per heavy atom. The van der Waals surface area contributed by atoms with E-state index >= 15 is 0 Å². The van der Waals surface area contributed by atoms with Crippen LogP contribution in [-0.2, 0) is 0 Å². The molecule has 3 nitrogen and oxygen atoms in total. The molecule has 0 saturated heterocycles. The number of fused-ring (bicyclic) bond motifs is 5. The predicted octanol–water partition coefficient (Wildman–Crippen LogP) is 4.59. The molecule has 2 aromatic rings. The number of rotatable bonds is 0. The van der Waals surface area contributed by atoms with E-state index in [1.807, 2.05) is 18.2 Å². The maximum absolute atomic E-state index is 6.28. The fourth-order valence-corrected chi connectivity index (χ4v) is 3.94. The first-order valence-electron chi connectivity index (χ1n) is 7.18. The molecule has 5 rings (SSSR count). The van der Waals surface area contributed by atoms with E-state index in [1.165, 1.54) is 16.8 Å². The van der Waals surface area contributed by atoms with Gasteiger partial charge < -0.3 is 10.6 Å². The second-order valence-corrected chi connectivity index (χ2v) is 6.58. The van der Waals surface area contributed by atoms with Crippen molar-refractivity contribution in [2.45, 2.75) is 6.04 Å². The van der Waals surface area contributed by atoms with Crippen molar-refractivity contribution in [3.8, 4) is 0 Å². The van der Waals surface area contributed by atoms with Gasteiger partial charge in [-0.25, -0.2) is 4.99 Å². The van der Waals surface area contributed by atoms with Gasteiger partial charge in [0.05, 0.1) is 22.8 Å². The topological polar surface area (TPSA) is 41.6 Å². The summed E-state index contributed by atoms with van der Waals surface area (Å²) in [5.74, 6) is 0. The molecular formula is C18H12BrN3. The van der Waals surface area contributed by atoms with Crippen molar-refractivity contribution < 1.29 is 0 Å². The van der Waals surface area contributed by atoms with Crippen LogP contribution in [0.4, 0.5) is 22.7 Å². The van der Waals surface area contributed by atoms with Gasteiger partial charge in [-0.05, 0) is 42.0 Å². The first-order chi connectivity index (χ1) is 10.7. The lowest BCUT2D eigenvalue weighted by Crippen LogP contribution is -2.37. The lowest BCUT2D eigenvalue weighted by Gasteiger charge is -2.34. The van der Waals surface area contributed by atoms with Crippen molar-refractivity contribution >= 4 is 50.0 Å². The van der Waals surface area contributed by atoms with E-state index in [9.17, 15) is 0 Å². The Labute approximate surface area is 136 Å². The molecule has 2 aromatic carbocycles. The molecule has 1 unspecified atom stereocenters. The normalized spacial score (nSPS) is 20.0. The Balaban J connectivity index is 1.90. The lowest BCUT2D eigenvalue weighted by molar-refractivity contribution is 1.02. The minimum Gasteiger partial charge on any atom is -0.397 e. The Hall–Kier alpha value is -2.33. The summed E-state index contributed by atoms with van der Waals surface area (Å²) in [6.07, 6.45) is 6.35. The van der Waals surface area contributed by atoms with Gasteiger partial charge in [0.15, 0.2) is 0 Å². The van der Waals surface area contributed by atoms with Crippen LogP contribution in [0.25, 0.3) is 5.57 Å². The summed E-state index contributed by atoms with van der Waals surface area (Å²) >= 11 is 3.58. The second-order valence-electron chi connectivity index (χ2n) is 5.67. The van der Waals surface area contributed by atoms with Crippen molar-refractivity contribution in [3.05, 3.63) is 64.7 Å². The molecule has 0 amide bonds. The maximum atomic E-state index is 6.28. The number of nitrogens with zero attached hydrogens (tertiary/aromatic N) is 2. The molecule has 2 heterocycles. The minimum atomic E-state index is 0.131. The summed E-state index contributed by atoms with van der Waals surface area (Å²) in [6.45, 7) is 0. The van der Waals surface area contributed by atoms with Gasteiger partial charge in [0.25, 0.3) is 0 Å². The molecular weight excluding hydrogens is 338 g/mol. The highest BCUT2D eigenvalue weighted by atomic mass is 79.9. The first kappa shape index (κ1) is 12.2. The number of anilines is 3. The van der Waals surface area contributed by atoms with E-state index in [-0.39, 0.29) is 6.04 Å². The average molecular weight is 350 g/mol. The smallest absolute Gasteiger partial charge is 0.102 e. The number of hydrogen-bond donors (Lipinski definition) is 1. The molecule has 0 fully saturated rings. The number of hydrogen-bond acceptors (Lipinski definition) is 3. The Bertz CT molecular complexity index is 924. The minimum absolute atomic E-state index is 0.131. The molecule has 0 saturated carbocycles. The van der Waals surface area contributed by atoms with Gasteiger partial charge in [0, 0.05) is 15.7 Å². The zero-order valence-corrected chi connectivity index (χ0v) is 13.2. The monoisotopic (exact) mass is 349 g/mol. The summed E-state index contributed by atoms with van der Waals surface area (Å²) in [5.41, 5.74) is 13.8. The van der Waals surface area contributed by atoms with Crippen LogP contribution in [0.3, 0.4) is 0 Å². The van der Waals surface area contributed by atoms with E-state index in [1.54, 1.807) is 0 Å². The number of allylic oxidation sites excluding steroid dienone is 2. The standard InChI is InChI=1S/C18H12BrN3/c19-10-7-8-16-12(9-10)11-3-1-5-14-17(11)22(16)18-13(20)4-2-6-15(18)21-14/h1-9,17H,20H2. The van der Waals surface area contributed by atoms with Crippen LogP contribution < -0.4 is 10.6 Å². The SMILES string of the molecule is Nc1cccc2c1N1c3ccc(Br)cc3C3=CC=CC(=N2)C31. The van der Waals surface area contributed by atoms with Gasteiger partial charge >= 0.3 is 0 Å². The lowest BCUT2D eigenvalue weighted by atomic mass is 9.93. The second kappa shape index (κ2) is 4.11.